The molecule has 0 aromatic rings. The summed E-state index contributed by atoms with van der Waals surface area (Å²) in [4.78, 5) is 38.1. The zero-order chi connectivity index (χ0) is 21.6. The minimum absolute atomic E-state index is 0.374. The van der Waals surface area contributed by atoms with Crippen LogP contribution in [0.2, 0.25) is 0 Å². The molecule has 0 amide bonds. The molecule has 0 aromatic heterocycles. The van der Waals surface area contributed by atoms with Crippen molar-refractivity contribution in [2.24, 2.45) is 0 Å². The van der Waals surface area contributed by atoms with E-state index in [1.54, 1.807) is 62.3 Å². The van der Waals surface area contributed by atoms with Crippen molar-refractivity contribution in [3.05, 3.63) is 0 Å². The van der Waals surface area contributed by atoms with Crippen molar-refractivity contribution >= 4 is 17.9 Å². The Labute approximate surface area is 162 Å². The number of ether oxygens (including phenoxy) is 3. The molecule has 1 atom stereocenters. The Hall–Kier alpha value is -1.67. The van der Waals surface area contributed by atoms with Crippen LogP contribution in [0.3, 0.4) is 0 Å². The first-order valence-corrected chi connectivity index (χ1v) is 8.95. The monoisotopic (exact) mass is 389 g/mol. The molecule has 0 spiro atoms. The first-order valence-electron chi connectivity index (χ1n) is 8.95. The summed E-state index contributed by atoms with van der Waals surface area (Å²) in [5, 5.41) is 9.71. The van der Waals surface area contributed by atoms with E-state index < -0.39 is 47.4 Å². The molecule has 8 nitrogen and oxygen atoms in total. The highest BCUT2D eigenvalue weighted by Crippen LogP contribution is 2.14. The van der Waals surface area contributed by atoms with Gasteiger partial charge in [0.25, 0.3) is 0 Å². The molecule has 0 aliphatic rings. The van der Waals surface area contributed by atoms with Gasteiger partial charge in [0.05, 0.1) is 19.7 Å². The minimum atomic E-state index is -1.20. The lowest BCUT2D eigenvalue weighted by molar-refractivity contribution is -0.169. The molecular weight excluding hydrogens is 354 g/mol. The van der Waals surface area contributed by atoms with Crippen molar-refractivity contribution in [3.8, 4) is 0 Å². The number of carbonyl (C=O) groups is 3. The van der Waals surface area contributed by atoms with Crippen LogP contribution in [0, 0.1) is 0 Å². The molecule has 158 valence electrons. The Morgan fingerprint density at radius 3 is 1.33 bits per heavy atom. The minimum Gasteiger partial charge on any atom is -0.459 e. The summed E-state index contributed by atoms with van der Waals surface area (Å²) in [6.45, 7) is 13.9. The van der Waals surface area contributed by atoms with Crippen molar-refractivity contribution in [1.82, 2.24) is 4.90 Å². The molecule has 0 aliphatic carbocycles. The molecule has 0 saturated heterocycles. The highest BCUT2D eigenvalue weighted by molar-refractivity contribution is 5.80. The van der Waals surface area contributed by atoms with Crippen LogP contribution in [-0.2, 0) is 28.6 Å². The molecule has 0 fully saturated rings. The van der Waals surface area contributed by atoms with Gasteiger partial charge < -0.3 is 19.3 Å². The van der Waals surface area contributed by atoms with E-state index in [1.807, 2.05) is 0 Å². The van der Waals surface area contributed by atoms with E-state index in [0.717, 1.165) is 0 Å². The second-order valence-corrected chi connectivity index (χ2v) is 9.31. The van der Waals surface area contributed by atoms with Crippen LogP contribution in [-0.4, -0.2) is 70.5 Å². The molecule has 0 heterocycles. The zero-order valence-corrected chi connectivity index (χ0v) is 18.0. The molecule has 8 heteroatoms. The fraction of sp³-hybridized carbons (Fsp3) is 0.842. The number of aliphatic hydroxyl groups excluding tert-OH is 1. The Morgan fingerprint density at radius 2 is 1.07 bits per heavy atom. The molecule has 0 rings (SSSR count). The predicted molar refractivity (Wildman–Crippen MR) is 100.0 cm³/mol. The van der Waals surface area contributed by atoms with E-state index in [0.29, 0.717) is 0 Å². The van der Waals surface area contributed by atoms with Gasteiger partial charge in [-0.25, -0.2) is 0 Å². The molecule has 0 aliphatic heterocycles. The van der Waals surface area contributed by atoms with Crippen molar-refractivity contribution in [2.75, 3.05) is 19.7 Å². The topological polar surface area (TPSA) is 102 Å². The van der Waals surface area contributed by atoms with E-state index in [4.69, 9.17) is 14.2 Å². The van der Waals surface area contributed by atoms with E-state index in [1.165, 1.54) is 4.90 Å². The average Bonchev–Trinajstić information content (AvgIpc) is 2.31. The number of rotatable bonds is 7. The standard InChI is InChI=1S/C19H35NO7/c1-17(2,3)25-14(22)10-20(11-15(23)26-18(4,5)6)13(12-21)16(24)27-19(7,8)9/h13,21H,10-12H2,1-9H3. The third-order valence-electron chi connectivity index (χ3n) is 2.80. The third kappa shape index (κ3) is 12.4. The van der Waals surface area contributed by atoms with Gasteiger partial charge in [-0.2, -0.15) is 0 Å². The van der Waals surface area contributed by atoms with E-state index in [2.05, 4.69) is 0 Å². The lowest BCUT2D eigenvalue weighted by Gasteiger charge is -2.31. The second-order valence-electron chi connectivity index (χ2n) is 9.31. The van der Waals surface area contributed by atoms with Crippen molar-refractivity contribution < 1.29 is 33.7 Å². The lowest BCUT2D eigenvalue weighted by atomic mass is 10.1. The average molecular weight is 389 g/mol. The van der Waals surface area contributed by atoms with Gasteiger partial charge in [0, 0.05) is 0 Å². The van der Waals surface area contributed by atoms with Gasteiger partial charge >= 0.3 is 17.9 Å². The zero-order valence-electron chi connectivity index (χ0n) is 18.0. The maximum atomic E-state index is 12.4. The Kier molecular flexibility index (Phi) is 8.92. The van der Waals surface area contributed by atoms with Crippen LogP contribution in [0.15, 0.2) is 0 Å². The summed E-state index contributed by atoms with van der Waals surface area (Å²) >= 11 is 0. The summed E-state index contributed by atoms with van der Waals surface area (Å²) in [6.07, 6.45) is 0. The number of hydrogen-bond donors (Lipinski definition) is 1. The highest BCUT2D eigenvalue weighted by Gasteiger charge is 2.34. The van der Waals surface area contributed by atoms with Gasteiger partial charge in [-0.3, -0.25) is 19.3 Å². The molecule has 0 saturated carbocycles. The highest BCUT2D eigenvalue weighted by atomic mass is 16.6. The van der Waals surface area contributed by atoms with E-state index in [-0.39, 0.29) is 13.1 Å². The van der Waals surface area contributed by atoms with Gasteiger partial charge in [-0.1, -0.05) is 0 Å². The van der Waals surface area contributed by atoms with Crippen LogP contribution in [0.25, 0.3) is 0 Å². The predicted octanol–water partition coefficient (Wildman–Crippen LogP) is 1.67. The number of hydrogen-bond acceptors (Lipinski definition) is 8. The van der Waals surface area contributed by atoms with Crippen LogP contribution < -0.4 is 0 Å². The molecule has 0 radical (unpaired) electrons. The van der Waals surface area contributed by atoms with Crippen molar-refractivity contribution in [1.29, 1.82) is 0 Å². The number of esters is 3. The second kappa shape index (κ2) is 9.50. The molecule has 0 aromatic carbocycles. The van der Waals surface area contributed by atoms with Crippen LogP contribution >= 0.6 is 0 Å². The number of carbonyl (C=O) groups excluding carboxylic acids is 3. The largest absolute Gasteiger partial charge is 0.459 e. The summed E-state index contributed by atoms with van der Waals surface area (Å²) in [5.74, 6) is -2.00. The lowest BCUT2D eigenvalue weighted by Crippen LogP contribution is -2.51. The maximum absolute atomic E-state index is 12.4. The van der Waals surface area contributed by atoms with Gasteiger partial charge in [0.1, 0.15) is 22.8 Å². The Balaban J connectivity index is 5.43. The van der Waals surface area contributed by atoms with Crippen molar-refractivity contribution in [3.63, 3.8) is 0 Å². The maximum Gasteiger partial charge on any atom is 0.326 e. The summed E-state index contributed by atoms with van der Waals surface area (Å²) < 4.78 is 15.8. The first-order chi connectivity index (χ1) is 11.9. The fourth-order valence-electron chi connectivity index (χ4n) is 2.06. The number of aliphatic hydroxyl groups is 1. The summed E-state index contributed by atoms with van der Waals surface area (Å²) in [7, 11) is 0. The van der Waals surface area contributed by atoms with Crippen molar-refractivity contribution in [2.45, 2.75) is 85.2 Å². The third-order valence-corrected chi connectivity index (χ3v) is 2.80. The Morgan fingerprint density at radius 1 is 0.741 bits per heavy atom. The number of nitrogens with zero attached hydrogens (tertiary/aromatic N) is 1. The van der Waals surface area contributed by atoms with Crippen LogP contribution in [0.1, 0.15) is 62.3 Å². The first kappa shape index (κ1) is 25.3. The van der Waals surface area contributed by atoms with E-state index in [9.17, 15) is 19.5 Å². The fourth-order valence-corrected chi connectivity index (χ4v) is 2.06. The SMILES string of the molecule is CC(C)(C)OC(=O)CN(CC(=O)OC(C)(C)C)C(CO)C(=O)OC(C)(C)C. The van der Waals surface area contributed by atoms with Crippen LogP contribution in [0.4, 0.5) is 0 Å². The van der Waals surface area contributed by atoms with Gasteiger partial charge in [-0.05, 0) is 62.3 Å². The van der Waals surface area contributed by atoms with Gasteiger partial charge in [0.2, 0.25) is 0 Å². The molecule has 1 N–H and O–H groups in total. The summed E-state index contributed by atoms with van der Waals surface area (Å²) in [6, 6.07) is -1.20. The molecule has 27 heavy (non-hydrogen) atoms. The quantitative estimate of drug-likeness (QED) is 0.518. The van der Waals surface area contributed by atoms with E-state index >= 15 is 0 Å². The van der Waals surface area contributed by atoms with Gasteiger partial charge in [-0.15, -0.1) is 0 Å². The van der Waals surface area contributed by atoms with Crippen LogP contribution in [0.5, 0.6) is 0 Å². The smallest absolute Gasteiger partial charge is 0.326 e. The molecular formula is C19H35NO7. The Bertz CT molecular complexity index is 494. The molecule has 0 bridgehead atoms. The normalized spacial score (nSPS) is 13.9. The summed E-state index contributed by atoms with van der Waals surface area (Å²) in [5.41, 5.74) is -2.24. The van der Waals surface area contributed by atoms with Gasteiger partial charge in [0.15, 0.2) is 0 Å². The molecule has 1 unspecified atom stereocenters.